The number of hydrogen-bond donors (Lipinski definition) is 1. The second-order valence-electron chi connectivity index (χ2n) is 4.72. The van der Waals surface area contributed by atoms with E-state index in [0.717, 1.165) is 0 Å². The van der Waals surface area contributed by atoms with E-state index in [2.05, 4.69) is 4.98 Å². The summed E-state index contributed by atoms with van der Waals surface area (Å²) in [4.78, 5) is 17.1. The van der Waals surface area contributed by atoms with Gasteiger partial charge in [-0.2, -0.15) is 13.2 Å². The fourth-order valence-corrected chi connectivity index (χ4v) is 2.34. The van der Waals surface area contributed by atoms with Gasteiger partial charge in [0.25, 0.3) is 5.91 Å². The van der Waals surface area contributed by atoms with Crippen molar-refractivity contribution in [3.05, 3.63) is 22.8 Å². The van der Waals surface area contributed by atoms with Crippen LogP contribution in [0.15, 0.2) is 12.3 Å². The molecule has 20 heavy (non-hydrogen) atoms. The van der Waals surface area contributed by atoms with Gasteiger partial charge in [-0.25, -0.2) is 4.98 Å². The Bertz CT molecular complexity index is 521. The topological polar surface area (TPSA) is 59.2 Å². The van der Waals surface area contributed by atoms with Gasteiger partial charge in [-0.3, -0.25) is 4.79 Å². The fraction of sp³-hybridized carbons (Fsp3) is 0.500. The maximum absolute atomic E-state index is 12.7. The van der Waals surface area contributed by atoms with Crippen molar-refractivity contribution < 1.29 is 18.0 Å². The number of pyridine rings is 1. The molecule has 1 atom stereocenters. The fourth-order valence-electron chi connectivity index (χ4n) is 2.18. The number of likely N-dealkylation sites (tertiary alicyclic amines) is 1. The number of rotatable bonds is 1. The average Bonchev–Trinajstić information content (AvgIpc) is 2.40. The van der Waals surface area contributed by atoms with Gasteiger partial charge in [0.2, 0.25) is 0 Å². The van der Waals surface area contributed by atoms with E-state index in [4.69, 9.17) is 17.3 Å². The lowest BCUT2D eigenvalue weighted by Crippen LogP contribution is -2.44. The monoisotopic (exact) mass is 307 g/mol. The van der Waals surface area contributed by atoms with Crippen LogP contribution < -0.4 is 5.73 Å². The van der Waals surface area contributed by atoms with E-state index in [0.29, 0.717) is 13.0 Å². The van der Waals surface area contributed by atoms with Gasteiger partial charge in [0, 0.05) is 19.3 Å². The summed E-state index contributed by atoms with van der Waals surface area (Å²) in [5, 5.41) is 0.111. The predicted octanol–water partition coefficient (Wildman–Crippen LogP) is 2.73. The Balaban J connectivity index is 2.14. The third-order valence-corrected chi connectivity index (χ3v) is 3.59. The summed E-state index contributed by atoms with van der Waals surface area (Å²) in [7, 11) is 0. The molecule has 0 saturated carbocycles. The van der Waals surface area contributed by atoms with Crippen molar-refractivity contribution in [3.8, 4) is 0 Å². The number of amides is 1. The van der Waals surface area contributed by atoms with Crippen LogP contribution in [-0.2, 0) is 0 Å². The Morgan fingerprint density at radius 3 is 2.80 bits per heavy atom. The first-order valence-electron chi connectivity index (χ1n) is 6.06. The van der Waals surface area contributed by atoms with Crippen molar-refractivity contribution in [1.29, 1.82) is 0 Å². The predicted molar refractivity (Wildman–Crippen MR) is 68.3 cm³/mol. The number of aromatic nitrogens is 1. The molecule has 0 spiro atoms. The van der Waals surface area contributed by atoms with E-state index in [1.54, 1.807) is 0 Å². The largest absolute Gasteiger partial charge is 0.393 e. The van der Waals surface area contributed by atoms with E-state index >= 15 is 0 Å². The summed E-state index contributed by atoms with van der Waals surface area (Å²) >= 11 is 5.76. The second-order valence-corrected chi connectivity index (χ2v) is 5.13. The highest BCUT2D eigenvalue weighted by Crippen LogP contribution is 2.33. The molecule has 1 amide bonds. The molecule has 1 saturated heterocycles. The Morgan fingerprint density at radius 2 is 2.20 bits per heavy atom. The van der Waals surface area contributed by atoms with Gasteiger partial charge in [-0.05, 0) is 18.9 Å². The molecule has 1 aromatic heterocycles. The quantitative estimate of drug-likeness (QED) is 0.868. The summed E-state index contributed by atoms with van der Waals surface area (Å²) in [5.41, 5.74) is 5.58. The molecular weight excluding hydrogens is 295 g/mol. The van der Waals surface area contributed by atoms with Gasteiger partial charge >= 0.3 is 6.18 Å². The van der Waals surface area contributed by atoms with E-state index in [1.165, 1.54) is 17.2 Å². The van der Waals surface area contributed by atoms with E-state index < -0.39 is 18.0 Å². The van der Waals surface area contributed by atoms with Crippen LogP contribution in [0.4, 0.5) is 19.0 Å². The van der Waals surface area contributed by atoms with Crippen LogP contribution in [-0.4, -0.2) is 35.1 Å². The van der Waals surface area contributed by atoms with Crippen LogP contribution in [0.3, 0.4) is 0 Å². The van der Waals surface area contributed by atoms with Crippen LogP contribution >= 0.6 is 11.6 Å². The number of nitrogens with two attached hydrogens (primary N) is 1. The van der Waals surface area contributed by atoms with Crippen LogP contribution in [0.1, 0.15) is 23.2 Å². The summed E-state index contributed by atoms with van der Waals surface area (Å²) in [5.74, 6) is -1.90. The Kier molecular flexibility index (Phi) is 4.08. The zero-order valence-electron chi connectivity index (χ0n) is 10.5. The molecule has 110 valence electrons. The second kappa shape index (κ2) is 5.47. The summed E-state index contributed by atoms with van der Waals surface area (Å²) in [6, 6.07) is 1.32. The minimum atomic E-state index is -4.28. The van der Waals surface area contributed by atoms with Crippen LogP contribution in [0.2, 0.25) is 5.02 Å². The third-order valence-electron chi connectivity index (χ3n) is 3.29. The normalized spacial score (nSPS) is 20.0. The van der Waals surface area contributed by atoms with Crippen molar-refractivity contribution in [3.63, 3.8) is 0 Å². The van der Waals surface area contributed by atoms with Crippen molar-refractivity contribution >= 4 is 23.3 Å². The number of hydrogen-bond acceptors (Lipinski definition) is 3. The molecular formula is C12H13ClF3N3O. The van der Waals surface area contributed by atoms with Crippen molar-refractivity contribution in [2.24, 2.45) is 5.92 Å². The Labute approximate surface area is 118 Å². The van der Waals surface area contributed by atoms with Crippen molar-refractivity contribution in [2.75, 3.05) is 18.8 Å². The minimum absolute atomic E-state index is 0.0496. The molecule has 4 nitrogen and oxygen atoms in total. The Morgan fingerprint density at radius 1 is 1.50 bits per heavy atom. The molecule has 0 aromatic carbocycles. The molecule has 1 fully saturated rings. The molecule has 0 radical (unpaired) electrons. The summed E-state index contributed by atoms with van der Waals surface area (Å²) in [6.07, 6.45) is -2.68. The lowest BCUT2D eigenvalue weighted by atomic mass is 9.97. The minimum Gasteiger partial charge on any atom is -0.382 e. The number of nitrogens with zero attached hydrogens (tertiary/aromatic N) is 2. The highest BCUT2D eigenvalue weighted by Gasteiger charge is 2.42. The van der Waals surface area contributed by atoms with Gasteiger partial charge in [-0.15, -0.1) is 0 Å². The lowest BCUT2D eigenvalue weighted by Gasteiger charge is -2.33. The number of carbonyl (C=O) groups excluding carboxylic acids is 1. The third kappa shape index (κ3) is 3.15. The molecule has 1 aromatic rings. The molecule has 2 N–H and O–H groups in total. The number of anilines is 1. The molecule has 1 unspecified atom stereocenters. The summed E-state index contributed by atoms with van der Waals surface area (Å²) < 4.78 is 38.1. The van der Waals surface area contributed by atoms with Crippen molar-refractivity contribution in [1.82, 2.24) is 9.88 Å². The first kappa shape index (κ1) is 14.9. The molecule has 1 aliphatic rings. The van der Waals surface area contributed by atoms with Gasteiger partial charge in [-0.1, -0.05) is 11.6 Å². The van der Waals surface area contributed by atoms with E-state index in [1.807, 2.05) is 0 Å². The maximum atomic E-state index is 12.7. The zero-order valence-corrected chi connectivity index (χ0v) is 11.2. The first-order valence-corrected chi connectivity index (χ1v) is 6.44. The highest BCUT2D eigenvalue weighted by molar-refractivity contribution is 6.33. The zero-order chi connectivity index (χ0) is 14.9. The molecule has 0 aliphatic carbocycles. The van der Waals surface area contributed by atoms with Crippen LogP contribution in [0.25, 0.3) is 0 Å². The molecule has 2 rings (SSSR count). The molecule has 8 heteroatoms. The standard InChI is InChI=1S/C12H13ClF3N3O/c13-9-4-7(5-18-10(9)17)11(20)19-3-1-2-8(6-19)12(14,15)16/h4-5,8H,1-3,6H2,(H2,17,18). The SMILES string of the molecule is Nc1ncc(C(=O)N2CCCC(C(F)(F)F)C2)cc1Cl. The van der Waals surface area contributed by atoms with Gasteiger partial charge < -0.3 is 10.6 Å². The van der Waals surface area contributed by atoms with Crippen molar-refractivity contribution in [2.45, 2.75) is 19.0 Å². The first-order chi connectivity index (χ1) is 9.29. The number of piperidine rings is 1. The van der Waals surface area contributed by atoms with Crippen LogP contribution in [0, 0.1) is 5.92 Å². The van der Waals surface area contributed by atoms with E-state index in [9.17, 15) is 18.0 Å². The summed E-state index contributed by atoms with van der Waals surface area (Å²) in [6.45, 7) is -0.0300. The Hall–Kier alpha value is -1.50. The molecule has 1 aliphatic heterocycles. The van der Waals surface area contributed by atoms with E-state index in [-0.39, 0.29) is 29.4 Å². The lowest BCUT2D eigenvalue weighted by molar-refractivity contribution is -0.184. The number of halogens is 4. The number of nitrogen functional groups attached to an aromatic ring is 1. The van der Waals surface area contributed by atoms with Crippen LogP contribution in [0.5, 0.6) is 0 Å². The van der Waals surface area contributed by atoms with Gasteiger partial charge in [0.15, 0.2) is 0 Å². The molecule has 0 bridgehead atoms. The average molecular weight is 308 g/mol. The number of alkyl halides is 3. The van der Waals surface area contributed by atoms with Gasteiger partial charge in [0.1, 0.15) is 5.82 Å². The maximum Gasteiger partial charge on any atom is 0.393 e. The number of carbonyl (C=O) groups is 1. The highest BCUT2D eigenvalue weighted by atomic mass is 35.5. The molecule has 2 heterocycles. The van der Waals surface area contributed by atoms with Gasteiger partial charge in [0.05, 0.1) is 16.5 Å². The smallest absolute Gasteiger partial charge is 0.382 e.